The minimum absolute atomic E-state index is 0.134. The van der Waals surface area contributed by atoms with Crippen molar-refractivity contribution in [3.63, 3.8) is 0 Å². The lowest BCUT2D eigenvalue weighted by Gasteiger charge is -2.08. The van der Waals surface area contributed by atoms with Crippen molar-refractivity contribution < 1.29 is 9.13 Å². The van der Waals surface area contributed by atoms with E-state index in [4.69, 9.17) is 21.6 Å². The summed E-state index contributed by atoms with van der Waals surface area (Å²) in [5, 5.41) is 9.13. The first-order valence-corrected chi connectivity index (χ1v) is 5.50. The summed E-state index contributed by atoms with van der Waals surface area (Å²) in [6, 6.07) is 9.25. The molecule has 1 heterocycles. The van der Waals surface area contributed by atoms with Gasteiger partial charge in [-0.05, 0) is 24.3 Å². The first kappa shape index (κ1) is 12.3. The van der Waals surface area contributed by atoms with Crippen molar-refractivity contribution in [3.8, 4) is 11.8 Å². The van der Waals surface area contributed by atoms with Crippen LogP contribution in [0.3, 0.4) is 0 Å². The highest BCUT2D eigenvalue weighted by atomic mass is 35.5. The van der Waals surface area contributed by atoms with Crippen LogP contribution in [0.4, 0.5) is 4.39 Å². The third-order valence-electron chi connectivity index (χ3n) is 2.30. The fraction of sp³-hybridized carbons (Fsp3) is 0.0769. The Hall–Kier alpha value is -2.12. The number of benzene rings is 1. The number of rotatable bonds is 3. The molecule has 0 fully saturated rings. The lowest BCUT2D eigenvalue weighted by molar-refractivity contribution is 0.304. The second-order valence-electron chi connectivity index (χ2n) is 3.49. The Bertz CT molecular complexity index is 610. The van der Waals surface area contributed by atoms with E-state index < -0.39 is 5.82 Å². The van der Waals surface area contributed by atoms with Crippen LogP contribution < -0.4 is 4.74 Å². The van der Waals surface area contributed by atoms with E-state index in [9.17, 15) is 4.39 Å². The molecule has 0 bridgehead atoms. The number of nitriles is 1. The molecule has 0 saturated carbocycles. The molecule has 0 spiro atoms. The average molecular weight is 263 g/mol. The van der Waals surface area contributed by atoms with Crippen LogP contribution in [0.2, 0.25) is 5.15 Å². The van der Waals surface area contributed by atoms with Gasteiger partial charge in [-0.3, -0.25) is 0 Å². The van der Waals surface area contributed by atoms with Crippen LogP contribution in [0.15, 0.2) is 36.5 Å². The van der Waals surface area contributed by atoms with E-state index in [0.29, 0.717) is 11.3 Å². The highest BCUT2D eigenvalue weighted by molar-refractivity contribution is 6.30. The first-order chi connectivity index (χ1) is 8.70. The summed E-state index contributed by atoms with van der Waals surface area (Å²) in [7, 11) is 0. The van der Waals surface area contributed by atoms with Gasteiger partial charge in [-0.25, -0.2) is 9.37 Å². The van der Waals surface area contributed by atoms with Crippen LogP contribution in [-0.2, 0) is 6.61 Å². The molecular formula is C13H8ClFN2O. The Morgan fingerprint density at radius 2 is 2.22 bits per heavy atom. The third kappa shape index (κ3) is 2.76. The maximum Gasteiger partial charge on any atom is 0.171 e. The molecule has 0 aliphatic carbocycles. The van der Waals surface area contributed by atoms with E-state index in [2.05, 4.69) is 4.98 Å². The van der Waals surface area contributed by atoms with Crippen molar-refractivity contribution in [1.29, 1.82) is 5.26 Å². The molecule has 1 aromatic carbocycles. The molecule has 90 valence electrons. The Morgan fingerprint density at radius 1 is 1.39 bits per heavy atom. The summed E-state index contributed by atoms with van der Waals surface area (Å²) in [4.78, 5) is 3.86. The predicted molar refractivity (Wildman–Crippen MR) is 64.7 cm³/mol. The van der Waals surface area contributed by atoms with Crippen LogP contribution in [0, 0.1) is 17.1 Å². The quantitative estimate of drug-likeness (QED) is 0.797. The van der Waals surface area contributed by atoms with Crippen LogP contribution in [0.25, 0.3) is 0 Å². The van der Waals surface area contributed by atoms with Crippen LogP contribution in [0.1, 0.15) is 11.1 Å². The smallest absolute Gasteiger partial charge is 0.171 e. The maximum absolute atomic E-state index is 12.9. The molecule has 18 heavy (non-hydrogen) atoms. The van der Waals surface area contributed by atoms with Gasteiger partial charge >= 0.3 is 0 Å². The molecule has 2 rings (SSSR count). The first-order valence-electron chi connectivity index (χ1n) is 5.12. The minimum Gasteiger partial charge on any atom is -0.486 e. The van der Waals surface area contributed by atoms with Crippen molar-refractivity contribution in [2.75, 3.05) is 0 Å². The summed E-state index contributed by atoms with van der Waals surface area (Å²) in [5.41, 5.74) is 0.842. The number of aromatic nitrogens is 1. The molecule has 0 aliphatic heterocycles. The predicted octanol–water partition coefficient (Wildman–Crippen LogP) is 3.32. The third-order valence-corrected chi connectivity index (χ3v) is 2.58. The highest BCUT2D eigenvalue weighted by Crippen LogP contribution is 2.22. The maximum atomic E-state index is 12.9. The minimum atomic E-state index is -0.449. The van der Waals surface area contributed by atoms with Crippen molar-refractivity contribution in [3.05, 3.63) is 58.6 Å². The van der Waals surface area contributed by atoms with Gasteiger partial charge in [0.05, 0.1) is 11.6 Å². The number of hydrogen-bond donors (Lipinski definition) is 0. The van der Waals surface area contributed by atoms with Gasteiger partial charge in [-0.15, -0.1) is 0 Å². The Labute approximate surface area is 108 Å². The molecular weight excluding hydrogens is 255 g/mol. The van der Waals surface area contributed by atoms with Crippen LogP contribution in [-0.4, -0.2) is 4.98 Å². The van der Waals surface area contributed by atoms with Gasteiger partial charge in [-0.1, -0.05) is 17.7 Å². The number of pyridine rings is 1. The molecule has 5 heteroatoms. The summed E-state index contributed by atoms with van der Waals surface area (Å²) < 4.78 is 18.4. The Morgan fingerprint density at radius 3 is 2.94 bits per heavy atom. The normalized spacial score (nSPS) is 9.83. The lowest BCUT2D eigenvalue weighted by atomic mass is 10.1. The summed E-state index contributed by atoms with van der Waals surface area (Å²) >= 11 is 5.83. The highest BCUT2D eigenvalue weighted by Gasteiger charge is 2.06. The number of halogens is 2. The van der Waals surface area contributed by atoms with E-state index in [1.54, 1.807) is 18.3 Å². The van der Waals surface area contributed by atoms with Gasteiger partial charge in [0.2, 0.25) is 0 Å². The molecule has 0 unspecified atom stereocenters. The van der Waals surface area contributed by atoms with Crippen LogP contribution in [0.5, 0.6) is 5.75 Å². The van der Waals surface area contributed by atoms with E-state index >= 15 is 0 Å². The SMILES string of the molecule is N#Cc1cc(F)ccc1COc1cccnc1Cl. The van der Waals surface area contributed by atoms with Gasteiger partial charge in [-0.2, -0.15) is 5.26 Å². The van der Waals surface area contributed by atoms with E-state index in [1.807, 2.05) is 6.07 Å². The van der Waals surface area contributed by atoms with Gasteiger partial charge in [0, 0.05) is 11.8 Å². The van der Waals surface area contributed by atoms with Gasteiger partial charge < -0.3 is 4.74 Å². The molecule has 3 nitrogen and oxygen atoms in total. The molecule has 0 saturated heterocycles. The zero-order valence-electron chi connectivity index (χ0n) is 9.23. The second kappa shape index (κ2) is 5.48. The van der Waals surface area contributed by atoms with Gasteiger partial charge in [0.25, 0.3) is 0 Å². The van der Waals surface area contributed by atoms with E-state index in [1.165, 1.54) is 18.2 Å². The van der Waals surface area contributed by atoms with Crippen molar-refractivity contribution >= 4 is 11.6 Å². The number of hydrogen-bond acceptors (Lipinski definition) is 3. The fourth-order valence-electron chi connectivity index (χ4n) is 1.41. The topological polar surface area (TPSA) is 45.9 Å². The van der Waals surface area contributed by atoms with E-state index in [-0.39, 0.29) is 17.3 Å². The fourth-order valence-corrected chi connectivity index (χ4v) is 1.59. The Kier molecular flexibility index (Phi) is 3.75. The zero-order chi connectivity index (χ0) is 13.0. The molecule has 0 radical (unpaired) electrons. The molecule has 2 aromatic rings. The average Bonchev–Trinajstić information content (AvgIpc) is 2.39. The van der Waals surface area contributed by atoms with E-state index in [0.717, 1.165) is 0 Å². The second-order valence-corrected chi connectivity index (χ2v) is 3.85. The monoisotopic (exact) mass is 262 g/mol. The molecule has 0 aliphatic rings. The largest absolute Gasteiger partial charge is 0.486 e. The zero-order valence-corrected chi connectivity index (χ0v) is 9.99. The molecule has 0 amide bonds. The number of ether oxygens (including phenoxy) is 1. The standard InChI is InChI=1S/C13H8ClFN2O/c14-13-12(2-1-5-17-13)18-8-9-3-4-11(15)6-10(9)7-16/h1-6H,8H2. The van der Waals surface area contributed by atoms with Gasteiger partial charge in [0.1, 0.15) is 12.4 Å². The van der Waals surface area contributed by atoms with Crippen LogP contribution >= 0.6 is 11.6 Å². The summed E-state index contributed by atoms with van der Waals surface area (Å²) in [6.45, 7) is 0.134. The number of nitrogens with zero attached hydrogens (tertiary/aromatic N) is 2. The summed E-state index contributed by atoms with van der Waals surface area (Å²) in [6.07, 6.45) is 1.55. The molecule has 0 atom stereocenters. The summed E-state index contributed by atoms with van der Waals surface area (Å²) in [5.74, 6) is -0.0258. The van der Waals surface area contributed by atoms with Crippen molar-refractivity contribution in [2.24, 2.45) is 0 Å². The molecule has 0 N–H and O–H groups in total. The lowest BCUT2D eigenvalue weighted by Crippen LogP contribution is -1.99. The Balaban J connectivity index is 2.16. The molecule has 1 aromatic heterocycles. The van der Waals surface area contributed by atoms with Crippen molar-refractivity contribution in [1.82, 2.24) is 4.98 Å². The van der Waals surface area contributed by atoms with Crippen molar-refractivity contribution in [2.45, 2.75) is 6.61 Å². The van der Waals surface area contributed by atoms with Gasteiger partial charge in [0.15, 0.2) is 10.9 Å².